The highest BCUT2D eigenvalue weighted by Gasteiger charge is 2.35. The van der Waals surface area contributed by atoms with E-state index in [2.05, 4.69) is 24.3 Å². The number of methoxy groups -OCH3 is 1. The van der Waals surface area contributed by atoms with Crippen molar-refractivity contribution in [2.45, 2.75) is 55.5 Å². The van der Waals surface area contributed by atoms with Crippen LogP contribution in [-0.2, 0) is 19.6 Å². The molecule has 1 saturated heterocycles. The Morgan fingerprint density at radius 1 is 1.05 bits per heavy atom. The first-order chi connectivity index (χ1) is 19.2. The van der Waals surface area contributed by atoms with Gasteiger partial charge in [-0.25, -0.2) is 12.8 Å². The fraction of sp³-hybridized carbons (Fsp3) is 0.567. The molecule has 2 fully saturated rings. The molecule has 40 heavy (non-hydrogen) atoms. The number of hydrogen-bond acceptors (Lipinski definition) is 6. The van der Waals surface area contributed by atoms with E-state index in [1.165, 1.54) is 23.5 Å². The van der Waals surface area contributed by atoms with Gasteiger partial charge in [0.2, 0.25) is 15.9 Å². The summed E-state index contributed by atoms with van der Waals surface area (Å²) in [6.45, 7) is 1.14. The summed E-state index contributed by atoms with van der Waals surface area (Å²) in [5.41, 5.74) is 1.14. The van der Waals surface area contributed by atoms with E-state index in [4.69, 9.17) is 9.47 Å². The van der Waals surface area contributed by atoms with Crippen LogP contribution in [0.1, 0.15) is 50.1 Å². The molecule has 1 N–H and O–H groups in total. The predicted molar refractivity (Wildman–Crippen MR) is 152 cm³/mol. The Kier molecular flexibility index (Phi) is 10.6. The lowest BCUT2D eigenvalue weighted by Crippen LogP contribution is -2.39. The average Bonchev–Trinajstić information content (AvgIpc) is 3.43. The number of halogens is 1. The van der Waals surface area contributed by atoms with Gasteiger partial charge >= 0.3 is 0 Å². The molecular formula is C30H42FN3O5S. The molecule has 2 unspecified atom stereocenters. The number of ether oxygens (including phenoxy) is 2. The zero-order chi connectivity index (χ0) is 28.7. The van der Waals surface area contributed by atoms with E-state index in [-0.39, 0.29) is 41.9 Å². The van der Waals surface area contributed by atoms with Crippen LogP contribution >= 0.6 is 0 Å². The van der Waals surface area contributed by atoms with Gasteiger partial charge in [0.1, 0.15) is 18.2 Å². The molecule has 2 aromatic carbocycles. The lowest BCUT2D eigenvalue weighted by atomic mass is 9.76. The molecule has 1 heterocycles. The standard InChI is InChI=1S/C30H42FN3O5S/c1-33(2)30(24-10-12-25(31)13-11-24)23-8-6-22(7-9-23)19-32-29(35)21-39-20-26-5-4-18-34(26)40(36,37)28-16-14-27(38-3)15-17-28/h10-17,22-23,26,30H,4-9,18-21H2,1-3H3,(H,32,35). The number of nitrogens with zero attached hydrogens (tertiary/aromatic N) is 2. The van der Waals surface area contributed by atoms with Gasteiger partial charge < -0.3 is 19.7 Å². The van der Waals surface area contributed by atoms with Gasteiger partial charge in [0.15, 0.2) is 0 Å². The monoisotopic (exact) mass is 575 g/mol. The summed E-state index contributed by atoms with van der Waals surface area (Å²) in [4.78, 5) is 14.9. The summed E-state index contributed by atoms with van der Waals surface area (Å²) in [5.74, 6) is 1.10. The number of benzene rings is 2. The minimum absolute atomic E-state index is 0.0878. The number of carbonyl (C=O) groups excluding carboxylic acids is 1. The second-order valence-corrected chi connectivity index (χ2v) is 13.0. The van der Waals surface area contributed by atoms with Crippen LogP contribution in [0.15, 0.2) is 53.4 Å². The third kappa shape index (κ3) is 7.60. The van der Waals surface area contributed by atoms with Gasteiger partial charge in [0.25, 0.3) is 0 Å². The average molecular weight is 576 g/mol. The van der Waals surface area contributed by atoms with Gasteiger partial charge in [-0.2, -0.15) is 4.31 Å². The van der Waals surface area contributed by atoms with E-state index < -0.39 is 10.0 Å². The van der Waals surface area contributed by atoms with Crippen LogP contribution in [0.25, 0.3) is 0 Å². The molecule has 2 aliphatic rings. The molecule has 0 radical (unpaired) electrons. The Bertz CT molecular complexity index is 1200. The fourth-order valence-electron chi connectivity index (χ4n) is 6.13. The Labute approximate surface area is 237 Å². The van der Waals surface area contributed by atoms with Crippen LogP contribution in [0.2, 0.25) is 0 Å². The lowest BCUT2D eigenvalue weighted by molar-refractivity contribution is -0.126. The van der Waals surface area contributed by atoms with Gasteiger partial charge in [-0.15, -0.1) is 0 Å². The molecule has 1 saturated carbocycles. The molecule has 4 rings (SSSR count). The summed E-state index contributed by atoms with van der Waals surface area (Å²) in [6, 6.07) is 13.1. The smallest absolute Gasteiger partial charge is 0.246 e. The molecule has 0 bridgehead atoms. The number of sulfonamides is 1. The second-order valence-electron chi connectivity index (χ2n) is 11.1. The maximum absolute atomic E-state index is 13.4. The van der Waals surface area contributed by atoms with Crippen LogP contribution in [0.5, 0.6) is 5.75 Å². The van der Waals surface area contributed by atoms with Gasteiger partial charge in [-0.3, -0.25) is 4.79 Å². The van der Waals surface area contributed by atoms with Gasteiger partial charge in [0, 0.05) is 25.2 Å². The molecule has 2 atom stereocenters. The first kappa shape index (κ1) is 30.4. The van der Waals surface area contributed by atoms with Crippen molar-refractivity contribution in [2.24, 2.45) is 11.8 Å². The minimum Gasteiger partial charge on any atom is -0.497 e. The Balaban J connectivity index is 1.19. The van der Waals surface area contributed by atoms with Gasteiger partial charge in [-0.1, -0.05) is 12.1 Å². The van der Waals surface area contributed by atoms with Crippen molar-refractivity contribution in [1.29, 1.82) is 0 Å². The number of carbonyl (C=O) groups is 1. The topological polar surface area (TPSA) is 88.2 Å². The van der Waals surface area contributed by atoms with Crippen molar-refractivity contribution in [3.8, 4) is 5.75 Å². The van der Waals surface area contributed by atoms with Gasteiger partial charge in [0.05, 0.1) is 18.6 Å². The zero-order valence-corrected chi connectivity index (χ0v) is 24.5. The molecule has 220 valence electrons. The predicted octanol–water partition coefficient (Wildman–Crippen LogP) is 4.23. The summed E-state index contributed by atoms with van der Waals surface area (Å²) in [5, 5.41) is 3.00. The summed E-state index contributed by atoms with van der Waals surface area (Å²) in [6.07, 6.45) is 5.62. The summed E-state index contributed by atoms with van der Waals surface area (Å²) >= 11 is 0. The normalized spacial score (nSPS) is 22.8. The Morgan fingerprint density at radius 3 is 2.35 bits per heavy atom. The first-order valence-corrected chi connectivity index (χ1v) is 15.5. The number of hydrogen-bond donors (Lipinski definition) is 1. The molecule has 10 heteroatoms. The highest BCUT2D eigenvalue weighted by atomic mass is 32.2. The molecule has 8 nitrogen and oxygen atoms in total. The fourth-order valence-corrected chi connectivity index (χ4v) is 7.81. The van der Waals surface area contributed by atoms with Crippen molar-refractivity contribution in [3.05, 3.63) is 59.9 Å². The van der Waals surface area contributed by atoms with E-state index in [0.29, 0.717) is 37.1 Å². The van der Waals surface area contributed by atoms with E-state index in [0.717, 1.165) is 37.7 Å². The van der Waals surface area contributed by atoms with Crippen molar-refractivity contribution in [3.63, 3.8) is 0 Å². The third-order valence-electron chi connectivity index (χ3n) is 8.23. The van der Waals surface area contributed by atoms with Crippen LogP contribution in [0.4, 0.5) is 4.39 Å². The van der Waals surface area contributed by atoms with Crippen molar-refractivity contribution in [2.75, 3.05) is 47.5 Å². The first-order valence-electron chi connectivity index (χ1n) is 14.1. The Morgan fingerprint density at radius 2 is 1.73 bits per heavy atom. The van der Waals surface area contributed by atoms with Crippen molar-refractivity contribution < 1.29 is 27.1 Å². The van der Waals surface area contributed by atoms with Gasteiger partial charge in [-0.05, 0) is 106 Å². The van der Waals surface area contributed by atoms with Crippen LogP contribution in [-0.4, -0.2) is 77.1 Å². The molecule has 0 spiro atoms. The number of rotatable bonds is 12. The molecule has 0 aromatic heterocycles. The molecular weight excluding hydrogens is 533 g/mol. The lowest BCUT2D eigenvalue weighted by Gasteiger charge is -2.37. The SMILES string of the molecule is COc1ccc(S(=O)(=O)N2CCCC2COCC(=O)NCC2CCC(C(c3ccc(F)cc3)N(C)C)CC2)cc1. The minimum atomic E-state index is -3.65. The Hall–Kier alpha value is -2.53. The van der Waals surface area contributed by atoms with Crippen LogP contribution in [0.3, 0.4) is 0 Å². The largest absolute Gasteiger partial charge is 0.497 e. The number of amides is 1. The van der Waals surface area contributed by atoms with E-state index in [9.17, 15) is 17.6 Å². The molecule has 1 amide bonds. The van der Waals surface area contributed by atoms with Crippen LogP contribution < -0.4 is 10.1 Å². The van der Waals surface area contributed by atoms with E-state index in [1.807, 2.05) is 12.1 Å². The second kappa shape index (κ2) is 13.9. The van der Waals surface area contributed by atoms with E-state index >= 15 is 0 Å². The molecule has 1 aliphatic carbocycles. The quantitative estimate of drug-likeness (QED) is 0.408. The summed E-state index contributed by atoms with van der Waals surface area (Å²) < 4.78 is 52.0. The maximum Gasteiger partial charge on any atom is 0.246 e. The van der Waals surface area contributed by atoms with Crippen molar-refractivity contribution in [1.82, 2.24) is 14.5 Å². The number of nitrogens with one attached hydrogen (secondary N) is 1. The van der Waals surface area contributed by atoms with E-state index in [1.54, 1.807) is 24.3 Å². The zero-order valence-electron chi connectivity index (χ0n) is 23.7. The molecule has 2 aromatic rings. The highest BCUT2D eigenvalue weighted by Crippen LogP contribution is 2.39. The molecule has 1 aliphatic heterocycles. The third-order valence-corrected chi connectivity index (χ3v) is 10.2. The maximum atomic E-state index is 13.4. The van der Waals surface area contributed by atoms with Crippen LogP contribution in [0, 0.1) is 17.7 Å². The summed E-state index contributed by atoms with van der Waals surface area (Å²) in [7, 11) is 2.03. The van der Waals surface area contributed by atoms with Crippen molar-refractivity contribution >= 4 is 15.9 Å². The highest BCUT2D eigenvalue weighted by molar-refractivity contribution is 7.89.